The molecule has 1 aromatic rings. The summed E-state index contributed by atoms with van der Waals surface area (Å²) >= 11 is 0. The lowest BCUT2D eigenvalue weighted by Gasteiger charge is -2.33. The Morgan fingerprint density at radius 1 is 1.07 bits per heavy atom. The lowest BCUT2D eigenvalue weighted by Crippen LogP contribution is -2.50. The van der Waals surface area contributed by atoms with Crippen LogP contribution < -0.4 is 16.1 Å². The Balaban J connectivity index is 1.62. The summed E-state index contributed by atoms with van der Waals surface area (Å²) in [4.78, 5) is 21.1. The van der Waals surface area contributed by atoms with Gasteiger partial charge in [0.05, 0.1) is 17.2 Å². The number of aromatic nitrogens is 2. The summed E-state index contributed by atoms with van der Waals surface area (Å²) in [5.41, 5.74) is -0.547. The number of nitrogens with zero attached hydrogens (tertiary/aromatic N) is 2. The van der Waals surface area contributed by atoms with E-state index in [1.54, 1.807) is 12.4 Å². The van der Waals surface area contributed by atoms with Gasteiger partial charge in [-0.3, -0.25) is 0 Å². The van der Waals surface area contributed by atoms with Crippen molar-refractivity contribution in [2.24, 2.45) is 0 Å². The number of carbonyl (C=O) groups is 1. The van der Waals surface area contributed by atoms with Gasteiger partial charge >= 0.3 is 13.2 Å². The second kappa shape index (κ2) is 8.34. The zero-order valence-corrected chi connectivity index (χ0v) is 19.2. The highest BCUT2D eigenvalue weighted by Crippen LogP contribution is 2.36. The van der Waals surface area contributed by atoms with Gasteiger partial charge in [0.1, 0.15) is 5.60 Å². The molecule has 2 atom stereocenters. The highest BCUT2D eigenvalue weighted by molar-refractivity contribution is 6.61. The van der Waals surface area contributed by atoms with Crippen LogP contribution in [0.3, 0.4) is 0 Å². The van der Waals surface area contributed by atoms with Crippen LogP contribution in [0.2, 0.25) is 0 Å². The molecule has 0 aromatic carbocycles. The maximum atomic E-state index is 12.2. The monoisotopic (exact) mass is 418 g/mol. The van der Waals surface area contributed by atoms with E-state index in [1.807, 2.05) is 48.5 Å². The molecule has 30 heavy (non-hydrogen) atoms. The van der Waals surface area contributed by atoms with Gasteiger partial charge < -0.3 is 24.7 Å². The fourth-order valence-corrected chi connectivity index (χ4v) is 3.61. The first-order valence-electron chi connectivity index (χ1n) is 10.8. The van der Waals surface area contributed by atoms with Crippen molar-refractivity contribution in [1.29, 1.82) is 0 Å². The summed E-state index contributed by atoms with van der Waals surface area (Å²) in [7, 11) is -0.486. The second-order valence-electron chi connectivity index (χ2n) is 10.2. The average Bonchev–Trinajstić information content (AvgIpc) is 2.83. The summed E-state index contributed by atoms with van der Waals surface area (Å²) in [6.45, 7) is 13.7. The van der Waals surface area contributed by atoms with Crippen molar-refractivity contribution in [3.05, 3.63) is 12.4 Å². The Labute approximate surface area is 180 Å². The molecule has 1 aliphatic carbocycles. The number of nitrogens with one attached hydrogen (secondary N) is 2. The van der Waals surface area contributed by atoms with Crippen molar-refractivity contribution in [2.75, 3.05) is 5.32 Å². The van der Waals surface area contributed by atoms with Crippen LogP contribution in [0.5, 0.6) is 0 Å². The van der Waals surface area contributed by atoms with Gasteiger partial charge in [-0.25, -0.2) is 14.8 Å². The largest absolute Gasteiger partial charge is 0.498 e. The van der Waals surface area contributed by atoms with Crippen molar-refractivity contribution in [1.82, 2.24) is 15.3 Å². The van der Waals surface area contributed by atoms with Gasteiger partial charge in [0.15, 0.2) is 0 Å². The third-order valence-electron chi connectivity index (χ3n) is 5.98. The molecule has 166 valence electrons. The first-order chi connectivity index (χ1) is 13.9. The maximum absolute atomic E-state index is 12.2. The van der Waals surface area contributed by atoms with E-state index >= 15 is 0 Å². The fraction of sp³-hybridized carbons (Fsp3) is 0.762. The third kappa shape index (κ3) is 5.43. The topological polar surface area (TPSA) is 94.6 Å². The molecule has 0 radical (unpaired) electrons. The zero-order chi connectivity index (χ0) is 22.2. The van der Waals surface area contributed by atoms with E-state index in [9.17, 15) is 4.79 Å². The predicted octanol–water partition coefficient (Wildman–Crippen LogP) is 3.02. The molecule has 2 aliphatic rings. The van der Waals surface area contributed by atoms with Crippen LogP contribution in [0, 0.1) is 0 Å². The molecule has 0 unspecified atom stereocenters. The number of alkyl carbamates (subject to hydrolysis) is 1. The minimum atomic E-state index is -0.520. The molecular weight excluding hydrogens is 383 g/mol. The molecule has 1 aliphatic heterocycles. The van der Waals surface area contributed by atoms with Crippen molar-refractivity contribution < 1.29 is 18.8 Å². The summed E-state index contributed by atoms with van der Waals surface area (Å²) in [5.74, 6) is 0.526. The third-order valence-corrected chi connectivity index (χ3v) is 5.98. The molecule has 1 aromatic heterocycles. The minimum Gasteiger partial charge on any atom is -0.444 e. The molecule has 2 N–H and O–H groups in total. The smallest absolute Gasteiger partial charge is 0.444 e. The fourth-order valence-electron chi connectivity index (χ4n) is 3.61. The van der Waals surface area contributed by atoms with Crippen LogP contribution in [-0.2, 0) is 14.0 Å². The van der Waals surface area contributed by atoms with Crippen molar-refractivity contribution in [3.63, 3.8) is 0 Å². The second-order valence-corrected chi connectivity index (χ2v) is 10.2. The highest BCUT2D eigenvalue weighted by Gasteiger charge is 2.52. The molecular formula is C21H35BN4O4. The number of ether oxygens (including phenoxy) is 1. The van der Waals surface area contributed by atoms with Crippen molar-refractivity contribution >= 4 is 24.6 Å². The Kier molecular flexibility index (Phi) is 6.34. The van der Waals surface area contributed by atoms with Crippen molar-refractivity contribution in [2.45, 2.75) is 103 Å². The number of rotatable bonds is 4. The highest BCUT2D eigenvalue weighted by atomic mass is 16.7. The van der Waals surface area contributed by atoms with Gasteiger partial charge in [-0.15, -0.1) is 0 Å². The summed E-state index contributed by atoms with van der Waals surface area (Å²) < 4.78 is 17.5. The lowest BCUT2D eigenvalue weighted by atomic mass is 9.81. The number of amides is 1. The van der Waals surface area contributed by atoms with Crippen LogP contribution in [0.25, 0.3) is 0 Å². The molecule has 2 heterocycles. The van der Waals surface area contributed by atoms with E-state index in [4.69, 9.17) is 14.0 Å². The van der Waals surface area contributed by atoms with Gasteiger partial charge in [-0.1, -0.05) is 12.8 Å². The minimum absolute atomic E-state index is 0.0278. The van der Waals surface area contributed by atoms with Crippen LogP contribution in [0.4, 0.5) is 10.7 Å². The standard InChI is InChI=1S/C21H35BN4O4/c1-19(2,3)28-18(27)26-16-11-9-8-10-15(16)25-17-23-12-14(13-24-17)22-29-20(4,5)21(6,7)30-22/h12-13,15-16H,8-11H2,1-7H3,(H,26,27)(H,23,24,25)/t15-,16-/m1/s1. The molecule has 1 saturated carbocycles. The molecule has 2 fully saturated rings. The first-order valence-corrected chi connectivity index (χ1v) is 10.8. The zero-order valence-electron chi connectivity index (χ0n) is 19.2. The predicted molar refractivity (Wildman–Crippen MR) is 117 cm³/mol. The van der Waals surface area contributed by atoms with E-state index in [2.05, 4.69) is 20.6 Å². The lowest BCUT2D eigenvalue weighted by molar-refractivity contribution is 0.00578. The van der Waals surface area contributed by atoms with Gasteiger partial charge in [0.2, 0.25) is 5.95 Å². The molecule has 9 heteroatoms. The first kappa shape index (κ1) is 22.8. The van der Waals surface area contributed by atoms with Crippen LogP contribution in [0.15, 0.2) is 12.4 Å². The van der Waals surface area contributed by atoms with E-state index in [-0.39, 0.29) is 12.1 Å². The number of anilines is 1. The molecule has 0 spiro atoms. The molecule has 1 amide bonds. The van der Waals surface area contributed by atoms with Gasteiger partial charge in [0, 0.05) is 23.9 Å². The molecule has 3 rings (SSSR count). The van der Waals surface area contributed by atoms with Crippen LogP contribution >= 0.6 is 0 Å². The molecule has 8 nitrogen and oxygen atoms in total. The van der Waals surface area contributed by atoms with Crippen molar-refractivity contribution in [3.8, 4) is 0 Å². The summed E-state index contributed by atoms with van der Waals surface area (Å²) in [6.07, 6.45) is 7.06. The summed E-state index contributed by atoms with van der Waals surface area (Å²) in [5, 5.41) is 6.38. The number of carbonyl (C=O) groups excluding carboxylic acids is 1. The average molecular weight is 418 g/mol. The Bertz CT molecular complexity index is 732. The Morgan fingerprint density at radius 3 is 2.13 bits per heavy atom. The van der Waals surface area contributed by atoms with Gasteiger partial charge in [0.25, 0.3) is 0 Å². The Morgan fingerprint density at radius 2 is 1.60 bits per heavy atom. The van der Waals surface area contributed by atoms with E-state index in [0.29, 0.717) is 5.95 Å². The molecule has 0 bridgehead atoms. The number of hydrogen-bond acceptors (Lipinski definition) is 7. The SMILES string of the molecule is CC(C)(C)OC(=O)N[C@@H]1CCCC[C@H]1Nc1ncc(B2OC(C)(C)C(C)(C)O2)cn1. The normalized spacial score (nSPS) is 25.6. The van der Waals surface area contributed by atoms with E-state index < -0.39 is 30.0 Å². The van der Waals surface area contributed by atoms with Gasteiger partial charge in [-0.05, 0) is 61.3 Å². The van der Waals surface area contributed by atoms with Crippen LogP contribution in [-0.4, -0.2) is 52.1 Å². The summed E-state index contributed by atoms with van der Waals surface area (Å²) in [6, 6.07) is 0.0222. The van der Waals surface area contributed by atoms with E-state index in [0.717, 1.165) is 31.1 Å². The maximum Gasteiger partial charge on any atom is 0.498 e. The number of hydrogen-bond donors (Lipinski definition) is 2. The quantitative estimate of drug-likeness (QED) is 0.726. The molecule has 1 saturated heterocycles. The van der Waals surface area contributed by atoms with Gasteiger partial charge in [-0.2, -0.15) is 0 Å². The Hall–Kier alpha value is -1.87. The van der Waals surface area contributed by atoms with E-state index in [1.165, 1.54) is 0 Å². The van der Waals surface area contributed by atoms with Crippen LogP contribution in [0.1, 0.15) is 74.1 Å².